The summed E-state index contributed by atoms with van der Waals surface area (Å²) < 4.78 is 33.2. The number of amides is 1. The quantitative estimate of drug-likeness (QED) is 0.631. The summed E-state index contributed by atoms with van der Waals surface area (Å²) in [4.78, 5) is 24.4. The van der Waals surface area contributed by atoms with Crippen LogP contribution in [0.15, 0.2) is 53.4 Å². The second-order valence-electron chi connectivity index (χ2n) is 7.67. The number of rotatable bonds is 8. The van der Waals surface area contributed by atoms with Crippen molar-refractivity contribution in [3.63, 3.8) is 0 Å². The highest BCUT2D eigenvalue weighted by molar-refractivity contribution is 7.92. The van der Waals surface area contributed by atoms with Crippen LogP contribution < -0.4 is 9.62 Å². The summed E-state index contributed by atoms with van der Waals surface area (Å²) in [5.41, 5.74) is 1.70. The second kappa shape index (κ2) is 9.51. The molecule has 0 saturated carbocycles. The van der Waals surface area contributed by atoms with Crippen molar-refractivity contribution in [2.45, 2.75) is 57.0 Å². The fourth-order valence-electron chi connectivity index (χ4n) is 3.78. The largest absolute Gasteiger partial charge is 0.452 e. The first-order chi connectivity index (χ1) is 14.8. The van der Waals surface area contributed by atoms with Gasteiger partial charge in [-0.25, -0.2) is 13.2 Å². The summed E-state index contributed by atoms with van der Waals surface area (Å²) in [6.45, 7) is 5.37. The van der Waals surface area contributed by atoms with Gasteiger partial charge in [0, 0.05) is 12.1 Å². The number of nitrogens with one attached hydrogen (secondary N) is 1. The predicted molar refractivity (Wildman–Crippen MR) is 119 cm³/mol. The van der Waals surface area contributed by atoms with Gasteiger partial charge in [-0.3, -0.25) is 9.10 Å². The number of carbonyl (C=O) groups is 2. The maximum absolute atomic E-state index is 13.3. The van der Waals surface area contributed by atoms with Crippen molar-refractivity contribution in [2.24, 2.45) is 0 Å². The highest BCUT2D eigenvalue weighted by Gasteiger charge is 2.36. The number of benzene rings is 2. The Morgan fingerprint density at radius 2 is 1.84 bits per heavy atom. The number of sulfonamides is 1. The van der Waals surface area contributed by atoms with E-state index in [1.807, 2.05) is 32.9 Å². The minimum Gasteiger partial charge on any atom is -0.452 e. The molecule has 0 spiro atoms. The zero-order valence-corrected chi connectivity index (χ0v) is 18.8. The third kappa shape index (κ3) is 4.90. The lowest BCUT2D eigenvalue weighted by molar-refractivity contribution is -0.125. The summed E-state index contributed by atoms with van der Waals surface area (Å²) in [5, 5.41) is 2.79. The van der Waals surface area contributed by atoms with Crippen LogP contribution in [0.2, 0.25) is 0 Å². The van der Waals surface area contributed by atoms with Crippen molar-refractivity contribution in [1.29, 1.82) is 0 Å². The van der Waals surface area contributed by atoms with Crippen LogP contribution in [0.4, 0.5) is 5.69 Å². The third-order valence-corrected chi connectivity index (χ3v) is 7.38. The van der Waals surface area contributed by atoms with Crippen molar-refractivity contribution < 1.29 is 22.7 Å². The number of esters is 1. The van der Waals surface area contributed by atoms with E-state index >= 15 is 0 Å². The van der Waals surface area contributed by atoms with Gasteiger partial charge in [-0.2, -0.15) is 0 Å². The number of carbonyl (C=O) groups excluding carboxylic acids is 2. The molecule has 0 bridgehead atoms. The molecule has 0 saturated heterocycles. The zero-order chi connectivity index (χ0) is 22.6. The molecule has 1 N–H and O–H groups in total. The first kappa shape index (κ1) is 22.8. The number of nitrogens with zero attached hydrogens (tertiary/aromatic N) is 1. The van der Waals surface area contributed by atoms with Crippen molar-refractivity contribution in [2.75, 3.05) is 10.9 Å². The smallest absolute Gasteiger partial charge is 0.338 e. The SMILES string of the molecule is CCC(CC)NC(=O)COC(=O)c1cccc(S(=O)(=O)N2c3ccccc3C[C@@H]2C)c1. The van der Waals surface area contributed by atoms with Gasteiger partial charge in [0.1, 0.15) is 0 Å². The molecule has 3 rings (SSSR count). The number of hydrogen-bond donors (Lipinski definition) is 1. The summed E-state index contributed by atoms with van der Waals surface area (Å²) in [6, 6.07) is 12.9. The Hall–Kier alpha value is -2.87. The Labute approximate surface area is 183 Å². The lowest BCUT2D eigenvalue weighted by Gasteiger charge is -2.24. The van der Waals surface area contributed by atoms with Crippen molar-refractivity contribution >= 4 is 27.6 Å². The molecule has 1 amide bonds. The Balaban J connectivity index is 1.75. The molecule has 0 unspecified atom stereocenters. The first-order valence-corrected chi connectivity index (χ1v) is 11.9. The molecule has 0 aromatic heterocycles. The van der Waals surface area contributed by atoms with Gasteiger partial charge in [0.15, 0.2) is 6.61 Å². The van der Waals surface area contributed by atoms with Crippen molar-refractivity contribution in [3.8, 4) is 0 Å². The van der Waals surface area contributed by atoms with E-state index in [1.165, 1.54) is 28.6 Å². The molecule has 166 valence electrons. The molecule has 1 aliphatic rings. The molecule has 1 heterocycles. The molecule has 0 fully saturated rings. The van der Waals surface area contributed by atoms with Crippen LogP contribution in [0.3, 0.4) is 0 Å². The molecule has 1 aliphatic heterocycles. The topological polar surface area (TPSA) is 92.8 Å². The van der Waals surface area contributed by atoms with Gasteiger partial charge in [0.25, 0.3) is 15.9 Å². The number of ether oxygens (including phenoxy) is 1. The fourth-order valence-corrected chi connectivity index (χ4v) is 5.52. The highest BCUT2D eigenvalue weighted by Crippen LogP contribution is 2.36. The molecule has 1 atom stereocenters. The van der Waals surface area contributed by atoms with E-state index in [0.29, 0.717) is 12.1 Å². The number of para-hydroxylation sites is 1. The van der Waals surface area contributed by atoms with Crippen LogP contribution in [0.25, 0.3) is 0 Å². The van der Waals surface area contributed by atoms with Crippen LogP contribution in [0.5, 0.6) is 0 Å². The standard InChI is InChI=1S/C23H28N2O5S/c1-4-19(5-2)24-22(26)15-30-23(27)18-10-8-11-20(14-18)31(28,29)25-16(3)13-17-9-6-7-12-21(17)25/h6-12,14,16,19H,4-5,13,15H2,1-3H3,(H,24,26)/t16-/m0/s1. The minimum atomic E-state index is -3.86. The van der Waals surface area contributed by atoms with Gasteiger partial charge >= 0.3 is 5.97 Å². The lowest BCUT2D eigenvalue weighted by atomic mass is 10.1. The van der Waals surface area contributed by atoms with Gasteiger partial charge in [0.05, 0.1) is 16.1 Å². The van der Waals surface area contributed by atoms with Crippen LogP contribution in [0.1, 0.15) is 49.5 Å². The normalized spacial score (nSPS) is 15.6. The molecule has 31 heavy (non-hydrogen) atoms. The molecular formula is C23H28N2O5S. The number of hydrogen-bond acceptors (Lipinski definition) is 5. The van der Waals surface area contributed by atoms with Crippen LogP contribution in [-0.4, -0.2) is 39.0 Å². The summed E-state index contributed by atoms with van der Waals surface area (Å²) >= 11 is 0. The van der Waals surface area contributed by atoms with E-state index in [4.69, 9.17) is 4.74 Å². The van der Waals surface area contributed by atoms with Gasteiger partial charge in [-0.1, -0.05) is 38.1 Å². The molecular weight excluding hydrogens is 416 g/mol. The average molecular weight is 445 g/mol. The van der Waals surface area contributed by atoms with E-state index in [9.17, 15) is 18.0 Å². The average Bonchev–Trinajstić information content (AvgIpc) is 3.12. The van der Waals surface area contributed by atoms with E-state index < -0.39 is 22.6 Å². The monoisotopic (exact) mass is 444 g/mol. The van der Waals surface area contributed by atoms with Gasteiger partial charge in [-0.15, -0.1) is 0 Å². The Morgan fingerprint density at radius 3 is 2.55 bits per heavy atom. The minimum absolute atomic E-state index is 0.00647. The molecule has 0 radical (unpaired) electrons. The molecule has 7 nitrogen and oxygen atoms in total. The molecule has 2 aromatic rings. The highest BCUT2D eigenvalue weighted by atomic mass is 32.2. The molecule has 0 aliphatic carbocycles. The number of anilines is 1. The van der Waals surface area contributed by atoms with Crippen LogP contribution in [0, 0.1) is 0 Å². The Morgan fingerprint density at radius 1 is 1.13 bits per heavy atom. The van der Waals surface area contributed by atoms with E-state index in [2.05, 4.69) is 5.32 Å². The lowest BCUT2D eigenvalue weighted by Crippen LogP contribution is -2.37. The Kier molecular flexibility index (Phi) is 7.00. The summed E-state index contributed by atoms with van der Waals surface area (Å²) in [7, 11) is -3.86. The van der Waals surface area contributed by atoms with E-state index in [-0.39, 0.29) is 28.4 Å². The fraction of sp³-hybridized carbons (Fsp3) is 0.391. The zero-order valence-electron chi connectivity index (χ0n) is 18.0. The van der Waals surface area contributed by atoms with Gasteiger partial charge in [-0.05, 0) is 56.0 Å². The second-order valence-corrected chi connectivity index (χ2v) is 9.48. The summed E-state index contributed by atoms with van der Waals surface area (Å²) in [6.07, 6.45) is 2.20. The van der Waals surface area contributed by atoms with Crippen molar-refractivity contribution in [1.82, 2.24) is 5.32 Å². The van der Waals surface area contributed by atoms with Gasteiger partial charge < -0.3 is 10.1 Å². The predicted octanol–water partition coefficient (Wildman–Crippen LogP) is 3.29. The Bertz CT molecular complexity index is 1060. The maximum Gasteiger partial charge on any atom is 0.338 e. The van der Waals surface area contributed by atoms with Crippen LogP contribution in [-0.2, 0) is 26.0 Å². The van der Waals surface area contributed by atoms with Gasteiger partial charge in [0.2, 0.25) is 0 Å². The molecule has 2 aromatic carbocycles. The maximum atomic E-state index is 13.3. The first-order valence-electron chi connectivity index (χ1n) is 10.5. The van der Waals surface area contributed by atoms with E-state index in [1.54, 1.807) is 12.1 Å². The van der Waals surface area contributed by atoms with Crippen molar-refractivity contribution in [3.05, 3.63) is 59.7 Å². The van der Waals surface area contributed by atoms with Crippen LogP contribution >= 0.6 is 0 Å². The summed E-state index contributed by atoms with van der Waals surface area (Å²) in [5.74, 6) is -1.13. The van der Waals surface area contributed by atoms with E-state index in [0.717, 1.165) is 18.4 Å². The molecule has 8 heteroatoms. The number of fused-ring (bicyclic) bond motifs is 1. The third-order valence-electron chi connectivity index (χ3n) is 5.46.